The van der Waals surface area contributed by atoms with Gasteiger partial charge in [0, 0.05) is 18.2 Å². The average molecular weight is 309 g/mol. The lowest BCUT2D eigenvalue weighted by molar-refractivity contribution is -0.126. The first-order valence-electron chi connectivity index (χ1n) is 8.29. The standard InChI is InChI=1S/C18H19N3O2/c22-17(12-5-6-23-10-12)20-13-7-18(8-13)15-4-2-1-3-14(15)16-9-19-11-21(16)18/h1-4,9,11-13H,5-8,10H2,(H,20,22). The number of amides is 1. The molecule has 1 unspecified atom stereocenters. The molecular weight excluding hydrogens is 290 g/mol. The van der Waals surface area contributed by atoms with Crippen LogP contribution < -0.4 is 5.32 Å². The summed E-state index contributed by atoms with van der Waals surface area (Å²) in [5.74, 6) is 0.186. The van der Waals surface area contributed by atoms with Crippen LogP contribution in [-0.2, 0) is 15.1 Å². The molecule has 1 saturated carbocycles. The van der Waals surface area contributed by atoms with Crippen LogP contribution in [0.15, 0.2) is 36.8 Å². The normalized spacial score (nSPS) is 30.8. The van der Waals surface area contributed by atoms with Gasteiger partial charge in [-0.2, -0.15) is 0 Å². The van der Waals surface area contributed by atoms with E-state index in [1.165, 1.54) is 16.8 Å². The Balaban J connectivity index is 1.38. The maximum absolute atomic E-state index is 12.3. The number of nitrogens with zero attached hydrogens (tertiary/aromatic N) is 2. The SMILES string of the molecule is O=C(NC1CC2(C1)c1ccccc1-c1cncn12)C1CCOC1. The van der Waals surface area contributed by atoms with Gasteiger partial charge in [-0.3, -0.25) is 4.79 Å². The van der Waals surface area contributed by atoms with Gasteiger partial charge in [-0.15, -0.1) is 0 Å². The zero-order valence-electron chi connectivity index (χ0n) is 12.9. The number of hydrogen-bond acceptors (Lipinski definition) is 3. The van der Waals surface area contributed by atoms with Crippen LogP contribution in [-0.4, -0.2) is 34.7 Å². The Morgan fingerprint density at radius 3 is 3.04 bits per heavy atom. The van der Waals surface area contributed by atoms with Crippen molar-refractivity contribution in [3.63, 3.8) is 0 Å². The third-order valence-electron chi connectivity index (χ3n) is 5.62. The Morgan fingerprint density at radius 2 is 2.22 bits per heavy atom. The number of rotatable bonds is 2. The van der Waals surface area contributed by atoms with Crippen LogP contribution in [0.25, 0.3) is 11.3 Å². The van der Waals surface area contributed by atoms with E-state index in [4.69, 9.17) is 4.74 Å². The van der Waals surface area contributed by atoms with Gasteiger partial charge >= 0.3 is 0 Å². The highest BCUT2D eigenvalue weighted by Crippen LogP contribution is 2.54. The monoisotopic (exact) mass is 309 g/mol. The highest BCUT2D eigenvalue weighted by molar-refractivity contribution is 5.80. The number of nitrogens with one attached hydrogen (secondary N) is 1. The van der Waals surface area contributed by atoms with Gasteiger partial charge in [0.15, 0.2) is 0 Å². The van der Waals surface area contributed by atoms with E-state index in [2.05, 4.69) is 39.1 Å². The third-order valence-corrected chi connectivity index (χ3v) is 5.62. The van der Waals surface area contributed by atoms with Gasteiger partial charge in [-0.1, -0.05) is 24.3 Å². The van der Waals surface area contributed by atoms with Crippen LogP contribution in [0.3, 0.4) is 0 Å². The molecule has 1 aromatic heterocycles. The molecule has 1 saturated heterocycles. The smallest absolute Gasteiger partial charge is 0.225 e. The number of carbonyl (C=O) groups excluding carboxylic acids is 1. The second-order valence-electron chi connectivity index (χ2n) is 6.90. The summed E-state index contributed by atoms with van der Waals surface area (Å²) in [6, 6.07) is 8.80. The molecule has 1 atom stereocenters. The Bertz CT molecular complexity index is 770. The van der Waals surface area contributed by atoms with E-state index in [0.717, 1.165) is 19.3 Å². The first-order valence-corrected chi connectivity index (χ1v) is 8.29. The van der Waals surface area contributed by atoms with E-state index in [0.29, 0.717) is 13.2 Å². The Kier molecular flexibility index (Phi) is 2.71. The predicted octanol–water partition coefficient (Wildman–Crippen LogP) is 1.92. The summed E-state index contributed by atoms with van der Waals surface area (Å²) in [6.07, 6.45) is 6.59. The van der Waals surface area contributed by atoms with E-state index < -0.39 is 0 Å². The van der Waals surface area contributed by atoms with Crippen molar-refractivity contribution in [3.05, 3.63) is 42.4 Å². The topological polar surface area (TPSA) is 56.2 Å². The molecule has 1 spiro atoms. The van der Waals surface area contributed by atoms with Crippen molar-refractivity contribution in [3.8, 4) is 11.3 Å². The van der Waals surface area contributed by atoms with Crippen LogP contribution in [0.5, 0.6) is 0 Å². The van der Waals surface area contributed by atoms with E-state index in [1.807, 2.05) is 12.5 Å². The fourth-order valence-corrected chi connectivity index (χ4v) is 4.41. The van der Waals surface area contributed by atoms with Gasteiger partial charge in [-0.25, -0.2) is 4.98 Å². The fourth-order valence-electron chi connectivity index (χ4n) is 4.41. The highest BCUT2D eigenvalue weighted by Gasteiger charge is 2.52. The lowest BCUT2D eigenvalue weighted by Gasteiger charge is -2.47. The van der Waals surface area contributed by atoms with Gasteiger partial charge in [-0.05, 0) is 24.8 Å². The quantitative estimate of drug-likeness (QED) is 0.922. The summed E-state index contributed by atoms with van der Waals surface area (Å²) in [6.45, 7) is 1.27. The molecule has 1 aromatic carbocycles. The lowest BCUT2D eigenvalue weighted by Crippen LogP contribution is -2.56. The average Bonchev–Trinajstić information content (AvgIpc) is 3.24. The molecule has 5 nitrogen and oxygen atoms in total. The number of aromatic nitrogens is 2. The van der Waals surface area contributed by atoms with E-state index in [9.17, 15) is 4.79 Å². The minimum atomic E-state index is -0.0213. The molecular formula is C18H19N3O2. The summed E-state index contributed by atoms with van der Waals surface area (Å²) in [4.78, 5) is 16.6. The minimum absolute atomic E-state index is 0.0213. The zero-order chi connectivity index (χ0) is 15.4. The Labute approximate surface area is 134 Å². The van der Waals surface area contributed by atoms with Gasteiger partial charge in [0.2, 0.25) is 5.91 Å². The van der Waals surface area contributed by atoms with Crippen LogP contribution in [0, 0.1) is 5.92 Å². The van der Waals surface area contributed by atoms with E-state index in [-0.39, 0.29) is 23.4 Å². The predicted molar refractivity (Wildman–Crippen MR) is 84.8 cm³/mol. The Morgan fingerprint density at radius 1 is 1.35 bits per heavy atom. The summed E-state index contributed by atoms with van der Waals surface area (Å²) in [5, 5.41) is 3.21. The first kappa shape index (κ1) is 13.3. The molecule has 3 heterocycles. The van der Waals surface area contributed by atoms with Crippen molar-refractivity contribution in [2.75, 3.05) is 13.2 Å². The summed E-state index contributed by atoms with van der Waals surface area (Å²) >= 11 is 0. The van der Waals surface area contributed by atoms with Crippen molar-refractivity contribution < 1.29 is 9.53 Å². The third kappa shape index (κ3) is 1.77. The molecule has 23 heavy (non-hydrogen) atoms. The molecule has 5 heteroatoms. The minimum Gasteiger partial charge on any atom is -0.381 e. The molecule has 3 aliphatic rings. The molecule has 2 aromatic rings. The van der Waals surface area contributed by atoms with Crippen molar-refractivity contribution in [2.24, 2.45) is 5.92 Å². The highest BCUT2D eigenvalue weighted by atomic mass is 16.5. The lowest BCUT2D eigenvalue weighted by atomic mass is 9.68. The molecule has 2 aliphatic heterocycles. The van der Waals surface area contributed by atoms with Crippen molar-refractivity contribution in [1.29, 1.82) is 0 Å². The van der Waals surface area contributed by atoms with Crippen LogP contribution >= 0.6 is 0 Å². The number of carbonyl (C=O) groups is 1. The van der Waals surface area contributed by atoms with E-state index >= 15 is 0 Å². The Hall–Kier alpha value is -2.14. The van der Waals surface area contributed by atoms with Gasteiger partial charge in [0.25, 0.3) is 0 Å². The largest absolute Gasteiger partial charge is 0.381 e. The summed E-state index contributed by atoms with van der Waals surface area (Å²) in [5.41, 5.74) is 3.81. The molecule has 0 radical (unpaired) electrons. The van der Waals surface area contributed by atoms with Crippen molar-refractivity contribution in [2.45, 2.75) is 30.8 Å². The summed E-state index contributed by atoms with van der Waals surface area (Å²) < 4.78 is 7.60. The van der Waals surface area contributed by atoms with Gasteiger partial charge in [0.05, 0.1) is 36.3 Å². The number of hydrogen-bond donors (Lipinski definition) is 1. The molecule has 1 N–H and O–H groups in total. The van der Waals surface area contributed by atoms with Crippen LogP contribution in [0.2, 0.25) is 0 Å². The van der Waals surface area contributed by atoms with Crippen LogP contribution in [0.1, 0.15) is 24.8 Å². The second kappa shape index (κ2) is 4.68. The van der Waals surface area contributed by atoms with Crippen molar-refractivity contribution in [1.82, 2.24) is 14.9 Å². The molecule has 2 fully saturated rings. The van der Waals surface area contributed by atoms with E-state index in [1.54, 1.807) is 0 Å². The zero-order valence-corrected chi connectivity index (χ0v) is 12.9. The maximum atomic E-state index is 12.3. The molecule has 1 amide bonds. The second-order valence-corrected chi connectivity index (χ2v) is 6.90. The first-order chi connectivity index (χ1) is 11.3. The summed E-state index contributed by atoms with van der Waals surface area (Å²) in [7, 11) is 0. The van der Waals surface area contributed by atoms with Gasteiger partial charge in [0.1, 0.15) is 0 Å². The number of fused-ring (bicyclic) bond motifs is 5. The molecule has 118 valence electrons. The maximum Gasteiger partial charge on any atom is 0.225 e. The molecule has 1 aliphatic carbocycles. The fraction of sp³-hybridized carbons (Fsp3) is 0.444. The van der Waals surface area contributed by atoms with Crippen LogP contribution in [0.4, 0.5) is 0 Å². The number of benzene rings is 1. The number of ether oxygens (including phenoxy) is 1. The number of imidazole rings is 1. The van der Waals surface area contributed by atoms with Crippen molar-refractivity contribution >= 4 is 5.91 Å². The molecule has 5 rings (SSSR count). The van der Waals surface area contributed by atoms with Gasteiger partial charge < -0.3 is 14.6 Å². The molecule has 0 bridgehead atoms.